The van der Waals surface area contributed by atoms with Crippen molar-refractivity contribution < 1.29 is 0 Å². The van der Waals surface area contributed by atoms with E-state index in [0.29, 0.717) is 0 Å². The Labute approximate surface area is 95.3 Å². The quantitative estimate of drug-likeness (QED) is 0.771. The second-order valence-electron chi connectivity index (χ2n) is 3.98. The fourth-order valence-electron chi connectivity index (χ4n) is 1.88. The Balaban J connectivity index is 2.28. The number of hydrogen-bond acceptors (Lipinski definition) is 3. The summed E-state index contributed by atoms with van der Waals surface area (Å²) in [6.45, 7) is 4.10. The van der Waals surface area contributed by atoms with E-state index in [2.05, 4.69) is 22.2 Å². The minimum absolute atomic E-state index is 0.780. The van der Waals surface area contributed by atoms with E-state index in [1.165, 1.54) is 24.1 Å². The molecule has 0 saturated heterocycles. The van der Waals surface area contributed by atoms with E-state index in [-0.39, 0.29) is 0 Å². The number of aryl methyl sites for hydroxylation is 1. The van der Waals surface area contributed by atoms with Crippen molar-refractivity contribution in [2.24, 2.45) is 0 Å². The van der Waals surface area contributed by atoms with Gasteiger partial charge in [0.2, 0.25) is 0 Å². The first-order valence-corrected chi connectivity index (χ1v) is 6.03. The number of unbranched alkanes of at least 4 members (excludes halogenated alkanes) is 1. The zero-order valence-electron chi connectivity index (χ0n) is 9.10. The van der Waals surface area contributed by atoms with E-state index in [1.54, 1.807) is 0 Å². The van der Waals surface area contributed by atoms with Gasteiger partial charge in [0.05, 0.1) is 0 Å². The van der Waals surface area contributed by atoms with Crippen LogP contribution in [-0.4, -0.2) is 16.5 Å². The molecule has 0 radical (unpaired) electrons. The van der Waals surface area contributed by atoms with Crippen LogP contribution in [0, 0.1) is 4.64 Å². The molecule has 2 rings (SSSR count). The van der Waals surface area contributed by atoms with Crippen LogP contribution in [0.3, 0.4) is 0 Å². The third-order valence-corrected chi connectivity index (χ3v) is 3.11. The van der Waals surface area contributed by atoms with Crippen LogP contribution in [-0.2, 0) is 19.4 Å². The molecule has 2 heterocycles. The van der Waals surface area contributed by atoms with Gasteiger partial charge in [0.15, 0.2) is 0 Å². The summed E-state index contributed by atoms with van der Waals surface area (Å²) < 4.78 is 0.780. The summed E-state index contributed by atoms with van der Waals surface area (Å²) in [6, 6.07) is 0. The van der Waals surface area contributed by atoms with Gasteiger partial charge >= 0.3 is 0 Å². The van der Waals surface area contributed by atoms with Crippen molar-refractivity contribution in [1.82, 2.24) is 15.3 Å². The minimum atomic E-state index is 0.780. The molecule has 1 aromatic heterocycles. The van der Waals surface area contributed by atoms with Crippen LogP contribution in [0.5, 0.6) is 0 Å². The summed E-state index contributed by atoms with van der Waals surface area (Å²) in [5.74, 6) is 1.06. The highest BCUT2D eigenvalue weighted by molar-refractivity contribution is 7.71. The fraction of sp³-hybridized carbons (Fsp3) is 0.636. The summed E-state index contributed by atoms with van der Waals surface area (Å²) in [7, 11) is 0. The average molecular weight is 223 g/mol. The first-order valence-electron chi connectivity index (χ1n) is 5.63. The second kappa shape index (κ2) is 4.86. The molecule has 1 aliphatic rings. The number of nitrogens with one attached hydrogen (secondary N) is 2. The molecule has 0 spiro atoms. The van der Waals surface area contributed by atoms with Crippen molar-refractivity contribution in [3.05, 3.63) is 21.7 Å². The van der Waals surface area contributed by atoms with Gasteiger partial charge in [0.1, 0.15) is 10.5 Å². The predicted octanol–water partition coefficient (Wildman–Crippen LogP) is 2.13. The SMILES string of the molecule is CCCCc1nc(=S)c2c([nH]1)CCNC2. The van der Waals surface area contributed by atoms with Crippen LogP contribution < -0.4 is 5.32 Å². The average Bonchev–Trinajstić information content (AvgIpc) is 2.26. The molecule has 82 valence electrons. The van der Waals surface area contributed by atoms with Crippen LogP contribution in [0.2, 0.25) is 0 Å². The number of H-pyrrole nitrogens is 1. The van der Waals surface area contributed by atoms with Gasteiger partial charge in [-0.25, -0.2) is 4.98 Å². The molecule has 1 aromatic rings. The van der Waals surface area contributed by atoms with Crippen LogP contribution in [0.4, 0.5) is 0 Å². The Bertz CT molecular complexity index is 397. The maximum atomic E-state index is 5.31. The van der Waals surface area contributed by atoms with Gasteiger partial charge < -0.3 is 10.3 Å². The second-order valence-corrected chi connectivity index (χ2v) is 4.36. The molecule has 4 heteroatoms. The molecular weight excluding hydrogens is 206 g/mol. The van der Waals surface area contributed by atoms with Gasteiger partial charge in [-0.05, 0) is 6.42 Å². The molecule has 15 heavy (non-hydrogen) atoms. The lowest BCUT2D eigenvalue weighted by Crippen LogP contribution is -2.25. The molecule has 3 nitrogen and oxygen atoms in total. The Kier molecular flexibility index (Phi) is 3.49. The molecule has 0 atom stereocenters. The highest BCUT2D eigenvalue weighted by Gasteiger charge is 2.12. The Hall–Kier alpha value is -0.740. The fourth-order valence-corrected chi connectivity index (χ4v) is 2.19. The number of aromatic amines is 1. The summed E-state index contributed by atoms with van der Waals surface area (Å²) >= 11 is 5.31. The predicted molar refractivity (Wildman–Crippen MR) is 63.4 cm³/mol. The van der Waals surface area contributed by atoms with Crippen LogP contribution in [0.15, 0.2) is 0 Å². The van der Waals surface area contributed by atoms with Crippen LogP contribution in [0.25, 0.3) is 0 Å². The Morgan fingerprint density at radius 3 is 3.13 bits per heavy atom. The summed E-state index contributed by atoms with van der Waals surface area (Å²) in [5, 5.41) is 3.32. The normalized spacial score (nSPS) is 15.0. The Morgan fingerprint density at radius 2 is 2.33 bits per heavy atom. The molecule has 1 aliphatic heterocycles. The van der Waals surface area contributed by atoms with Gasteiger partial charge in [-0.15, -0.1) is 0 Å². The molecule has 0 unspecified atom stereocenters. The van der Waals surface area contributed by atoms with Gasteiger partial charge in [0.25, 0.3) is 0 Å². The van der Waals surface area contributed by atoms with Crippen molar-refractivity contribution in [3.63, 3.8) is 0 Å². The van der Waals surface area contributed by atoms with E-state index in [0.717, 1.165) is 36.4 Å². The molecule has 0 aliphatic carbocycles. The summed E-state index contributed by atoms with van der Waals surface area (Å²) in [5.41, 5.74) is 2.48. The van der Waals surface area contributed by atoms with Gasteiger partial charge in [-0.3, -0.25) is 0 Å². The molecule has 0 amide bonds. The number of aromatic nitrogens is 2. The highest BCUT2D eigenvalue weighted by Crippen LogP contribution is 2.13. The van der Waals surface area contributed by atoms with E-state index >= 15 is 0 Å². The first kappa shape index (κ1) is 10.8. The zero-order valence-corrected chi connectivity index (χ0v) is 9.91. The lowest BCUT2D eigenvalue weighted by atomic mass is 10.1. The van der Waals surface area contributed by atoms with Crippen LogP contribution >= 0.6 is 12.2 Å². The highest BCUT2D eigenvalue weighted by atomic mass is 32.1. The van der Waals surface area contributed by atoms with E-state index in [9.17, 15) is 0 Å². The Morgan fingerprint density at radius 1 is 1.47 bits per heavy atom. The zero-order chi connectivity index (χ0) is 10.7. The topological polar surface area (TPSA) is 40.7 Å². The van der Waals surface area contributed by atoms with Crippen LogP contribution in [0.1, 0.15) is 36.8 Å². The maximum absolute atomic E-state index is 5.31. The monoisotopic (exact) mass is 223 g/mol. The third-order valence-electron chi connectivity index (χ3n) is 2.77. The standard InChI is InChI=1S/C11H17N3S/c1-2-3-4-10-13-9-5-6-12-7-8(9)11(15)14-10/h12H,2-7H2,1H3,(H,13,14,15). The lowest BCUT2D eigenvalue weighted by Gasteiger charge is -2.17. The molecule has 2 N–H and O–H groups in total. The number of hydrogen-bond donors (Lipinski definition) is 2. The van der Waals surface area contributed by atoms with E-state index in [4.69, 9.17) is 12.2 Å². The summed E-state index contributed by atoms with van der Waals surface area (Å²) in [4.78, 5) is 7.87. The van der Waals surface area contributed by atoms with Crippen molar-refractivity contribution >= 4 is 12.2 Å². The largest absolute Gasteiger partial charge is 0.347 e. The number of rotatable bonds is 3. The molecular formula is C11H17N3S. The van der Waals surface area contributed by atoms with Crippen molar-refractivity contribution in [3.8, 4) is 0 Å². The molecule has 0 saturated carbocycles. The maximum Gasteiger partial charge on any atom is 0.134 e. The van der Waals surface area contributed by atoms with Gasteiger partial charge in [-0.2, -0.15) is 0 Å². The number of nitrogens with zero attached hydrogens (tertiary/aromatic N) is 1. The van der Waals surface area contributed by atoms with E-state index < -0.39 is 0 Å². The van der Waals surface area contributed by atoms with Crippen molar-refractivity contribution in [2.45, 2.75) is 39.2 Å². The summed E-state index contributed by atoms with van der Waals surface area (Å²) in [6.07, 6.45) is 4.43. The van der Waals surface area contributed by atoms with Gasteiger partial charge in [-0.1, -0.05) is 25.6 Å². The molecule has 0 aromatic carbocycles. The number of fused-ring (bicyclic) bond motifs is 1. The smallest absolute Gasteiger partial charge is 0.134 e. The minimum Gasteiger partial charge on any atom is -0.347 e. The molecule has 0 bridgehead atoms. The third kappa shape index (κ3) is 2.44. The van der Waals surface area contributed by atoms with Gasteiger partial charge in [0, 0.05) is 37.2 Å². The van der Waals surface area contributed by atoms with E-state index in [1.807, 2.05) is 0 Å². The lowest BCUT2D eigenvalue weighted by molar-refractivity contribution is 0.614. The van der Waals surface area contributed by atoms with Crippen molar-refractivity contribution in [1.29, 1.82) is 0 Å². The molecule has 0 fully saturated rings. The van der Waals surface area contributed by atoms with Crippen molar-refractivity contribution in [2.75, 3.05) is 6.54 Å². The first-order chi connectivity index (χ1) is 7.31.